The van der Waals surface area contributed by atoms with Gasteiger partial charge in [0.25, 0.3) is 0 Å². The number of piperazine rings is 1. The number of fused-ring (bicyclic) bond motifs is 5. The minimum atomic E-state index is -2.53. The van der Waals surface area contributed by atoms with Crippen LogP contribution in [0.15, 0.2) is 30.5 Å². The fraction of sp³-hybridized carbons (Fsp3) is 0.452. The molecule has 41 heavy (non-hydrogen) atoms. The van der Waals surface area contributed by atoms with Crippen molar-refractivity contribution in [3.63, 3.8) is 0 Å². The quantitative estimate of drug-likeness (QED) is 0.345. The first-order valence-electron chi connectivity index (χ1n) is 16.6. The van der Waals surface area contributed by atoms with E-state index in [-0.39, 0.29) is 53.0 Å². The van der Waals surface area contributed by atoms with Gasteiger partial charge in [0, 0.05) is 47.1 Å². The Balaban J connectivity index is 1.41. The zero-order valence-electron chi connectivity index (χ0n) is 27.6. The minimum absolute atomic E-state index is 0.0430. The van der Waals surface area contributed by atoms with Crippen molar-refractivity contribution < 1.29 is 25.5 Å². The number of benzene rings is 2. The molecule has 4 saturated heterocycles. The topological polar surface area (TPSA) is 86.6 Å². The number of phenolic OH excluding ortho intramolecular Hbond substituents is 1. The SMILES string of the molecule is [2H]C([2H])(Oc1nc(N2CC3CCC2CN3)c2cnc(-c3cc(O)cc4ccc(F)c(CC)c34)c(F)c2n1)[C@@H]1CCCN1C([2H])([2H])[2H]. The first-order valence-corrected chi connectivity index (χ1v) is 14.1. The number of nitrogens with zero attached hydrogens (tertiary/aromatic N) is 5. The van der Waals surface area contributed by atoms with Gasteiger partial charge >= 0.3 is 6.01 Å². The zero-order chi connectivity index (χ0) is 32.5. The van der Waals surface area contributed by atoms with E-state index in [4.69, 9.17) is 11.6 Å². The van der Waals surface area contributed by atoms with E-state index in [1.54, 1.807) is 6.92 Å². The number of pyridine rings is 1. The number of likely N-dealkylation sites (N-methyl/N-ethyl adjacent to an activating group) is 1. The van der Waals surface area contributed by atoms with Crippen LogP contribution in [-0.2, 0) is 6.42 Å². The third-order valence-corrected chi connectivity index (χ3v) is 8.56. The lowest BCUT2D eigenvalue weighted by molar-refractivity contribution is 0.188. The second-order valence-electron chi connectivity index (χ2n) is 11.0. The number of nitrogens with one attached hydrogen (secondary N) is 1. The van der Waals surface area contributed by atoms with E-state index in [0.29, 0.717) is 48.1 Å². The van der Waals surface area contributed by atoms with Crippen LogP contribution in [0.4, 0.5) is 14.6 Å². The Kier molecular flexibility index (Phi) is 5.32. The van der Waals surface area contributed by atoms with Crippen molar-refractivity contribution >= 4 is 27.5 Å². The molecule has 6 heterocycles. The maximum atomic E-state index is 16.8. The van der Waals surface area contributed by atoms with Crippen LogP contribution in [0.5, 0.6) is 11.8 Å². The molecule has 8 nitrogen and oxygen atoms in total. The Morgan fingerprint density at radius 1 is 1.22 bits per heavy atom. The molecule has 10 heteroatoms. The number of anilines is 1. The van der Waals surface area contributed by atoms with Crippen LogP contribution in [-0.4, -0.2) is 76.3 Å². The molecule has 4 fully saturated rings. The fourth-order valence-corrected chi connectivity index (χ4v) is 6.48. The molecule has 3 atom stereocenters. The van der Waals surface area contributed by atoms with Crippen LogP contribution in [0.1, 0.15) is 45.0 Å². The van der Waals surface area contributed by atoms with E-state index in [2.05, 4.69) is 20.3 Å². The number of halogens is 2. The highest BCUT2D eigenvalue weighted by atomic mass is 19.1. The molecular formula is C31H34F2N6O2. The Hall–Kier alpha value is -3.63. The van der Waals surface area contributed by atoms with Gasteiger partial charge in [-0.25, -0.2) is 8.78 Å². The van der Waals surface area contributed by atoms with Gasteiger partial charge in [0.15, 0.2) is 5.82 Å². The van der Waals surface area contributed by atoms with E-state index >= 15 is 4.39 Å². The molecule has 0 amide bonds. The second-order valence-corrected chi connectivity index (χ2v) is 11.0. The zero-order valence-corrected chi connectivity index (χ0v) is 22.6. The van der Waals surface area contributed by atoms with Gasteiger partial charge in [0.2, 0.25) is 0 Å². The first kappa shape index (κ1) is 21.1. The molecule has 0 saturated carbocycles. The van der Waals surface area contributed by atoms with Crippen molar-refractivity contribution in [2.45, 2.75) is 57.2 Å². The number of hydrogen-bond donors (Lipinski definition) is 2. The average Bonchev–Trinajstić information content (AvgIpc) is 3.54. The predicted octanol–water partition coefficient (Wildman–Crippen LogP) is 4.80. The van der Waals surface area contributed by atoms with E-state index in [0.717, 1.165) is 17.7 Å². The fourth-order valence-electron chi connectivity index (χ4n) is 6.48. The molecule has 2 aromatic heterocycles. The molecule has 4 aromatic rings. The smallest absolute Gasteiger partial charge is 0.319 e. The van der Waals surface area contributed by atoms with Gasteiger partial charge in [-0.15, -0.1) is 0 Å². The number of aromatic hydroxyl groups is 1. The standard InChI is InChI=1S/C31H34F2N6O2/c1-3-22-25(32)9-6-17-11-21(40)12-23(26(17)22)28-27(33)29-24(14-35-28)30(39-15-18-7-8-19(39)13-34-18)37-31(36-29)41-16-20-5-4-10-38(20)2/h6,9,11-12,14,18-20,34,40H,3-5,7-8,10,13,15-16H2,1-2H3/t18?,19?,20-/m0/s1/i2D3,16D2. The van der Waals surface area contributed by atoms with E-state index < -0.39 is 37.2 Å². The lowest BCUT2D eigenvalue weighted by atomic mass is 9.92. The average molecular weight is 566 g/mol. The molecular weight excluding hydrogens is 526 g/mol. The summed E-state index contributed by atoms with van der Waals surface area (Å²) in [5, 5.41) is 15.2. The largest absolute Gasteiger partial charge is 0.508 e. The Morgan fingerprint density at radius 3 is 2.88 bits per heavy atom. The summed E-state index contributed by atoms with van der Waals surface area (Å²) >= 11 is 0. The molecule has 4 aliphatic heterocycles. The normalized spacial score (nSPS) is 25.2. The summed E-state index contributed by atoms with van der Waals surface area (Å²) in [5.41, 5.74) is 0.185. The molecule has 2 aromatic carbocycles. The van der Waals surface area contributed by atoms with Gasteiger partial charge in [-0.3, -0.25) is 4.98 Å². The van der Waals surface area contributed by atoms with Gasteiger partial charge in [-0.2, -0.15) is 9.97 Å². The maximum absolute atomic E-state index is 16.8. The van der Waals surface area contributed by atoms with E-state index in [9.17, 15) is 9.50 Å². The number of likely N-dealkylation sites (tertiary alicyclic amines) is 1. The molecule has 2 N–H and O–H groups in total. The minimum Gasteiger partial charge on any atom is -0.508 e. The van der Waals surface area contributed by atoms with Crippen molar-refractivity contribution in [3.05, 3.63) is 47.7 Å². The van der Waals surface area contributed by atoms with Crippen molar-refractivity contribution in [3.8, 4) is 23.0 Å². The molecule has 0 aliphatic carbocycles. The van der Waals surface area contributed by atoms with Crippen LogP contribution in [0.25, 0.3) is 32.9 Å². The van der Waals surface area contributed by atoms with E-state index in [1.807, 2.05) is 4.90 Å². The lowest BCUT2D eigenvalue weighted by Gasteiger charge is -2.46. The van der Waals surface area contributed by atoms with Crippen molar-refractivity contribution in [1.82, 2.24) is 25.2 Å². The maximum Gasteiger partial charge on any atom is 0.319 e. The molecule has 8 rings (SSSR count). The Labute approximate surface area is 244 Å². The van der Waals surface area contributed by atoms with Gasteiger partial charge in [-0.1, -0.05) is 13.0 Å². The number of aromatic nitrogens is 3. The Morgan fingerprint density at radius 2 is 2.12 bits per heavy atom. The number of hydrogen-bond acceptors (Lipinski definition) is 8. The van der Waals surface area contributed by atoms with Crippen molar-refractivity contribution in [2.75, 3.05) is 38.1 Å². The van der Waals surface area contributed by atoms with Gasteiger partial charge < -0.3 is 25.0 Å². The summed E-state index contributed by atoms with van der Waals surface area (Å²) in [6.07, 6.45) is 4.34. The summed E-state index contributed by atoms with van der Waals surface area (Å²) in [6, 6.07) is 4.35. The number of ether oxygens (including phenoxy) is 1. The van der Waals surface area contributed by atoms with Crippen LogP contribution in [0.2, 0.25) is 0 Å². The number of aryl methyl sites for hydroxylation is 1. The van der Waals surface area contributed by atoms with Crippen LogP contribution in [0.3, 0.4) is 0 Å². The summed E-state index contributed by atoms with van der Waals surface area (Å²) in [6.45, 7) is -1.80. The van der Waals surface area contributed by atoms with Crippen LogP contribution < -0.4 is 15.0 Å². The van der Waals surface area contributed by atoms with Crippen molar-refractivity contribution in [1.29, 1.82) is 0 Å². The lowest BCUT2D eigenvalue weighted by Crippen LogP contribution is -2.61. The van der Waals surface area contributed by atoms with Gasteiger partial charge in [-0.05, 0) is 80.2 Å². The van der Waals surface area contributed by atoms with Gasteiger partial charge in [0.05, 0.1) is 8.13 Å². The summed E-state index contributed by atoms with van der Waals surface area (Å²) in [5.74, 6) is -1.14. The number of rotatable bonds is 6. The number of phenols is 1. The highest BCUT2D eigenvalue weighted by Crippen LogP contribution is 2.40. The highest BCUT2D eigenvalue weighted by Gasteiger charge is 2.36. The second kappa shape index (κ2) is 10.3. The third-order valence-electron chi connectivity index (χ3n) is 8.56. The Bertz CT molecular complexity index is 1840. The molecule has 0 spiro atoms. The number of piperidine rings is 2. The molecule has 4 aliphatic rings. The summed E-state index contributed by atoms with van der Waals surface area (Å²) in [4.78, 5) is 16.6. The monoisotopic (exact) mass is 565 g/mol. The van der Waals surface area contributed by atoms with E-state index in [1.165, 1.54) is 30.5 Å². The van der Waals surface area contributed by atoms with Crippen LogP contribution >= 0.6 is 0 Å². The first-order chi connectivity index (χ1) is 21.9. The molecule has 214 valence electrons. The highest BCUT2D eigenvalue weighted by molar-refractivity contribution is 6.01. The predicted molar refractivity (Wildman–Crippen MR) is 155 cm³/mol. The van der Waals surface area contributed by atoms with Gasteiger partial charge in [0.1, 0.15) is 35.2 Å². The van der Waals surface area contributed by atoms with Crippen LogP contribution in [0, 0.1) is 11.6 Å². The molecule has 0 radical (unpaired) electrons. The molecule has 2 bridgehead atoms. The summed E-state index contributed by atoms with van der Waals surface area (Å²) in [7, 11) is 0. The summed E-state index contributed by atoms with van der Waals surface area (Å²) < 4.78 is 78.7. The molecule has 2 unspecified atom stereocenters. The van der Waals surface area contributed by atoms with Crippen molar-refractivity contribution in [2.24, 2.45) is 0 Å². The third kappa shape index (κ3) is 4.53.